The Labute approximate surface area is 98.8 Å². The predicted octanol–water partition coefficient (Wildman–Crippen LogP) is 0.953. The van der Waals surface area contributed by atoms with Crippen LogP contribution >= 0.6 is 11.8 Å². The summed E-state index contributed by atoms with van der Waals surface area (Å²) in [5.74, 6) is 1.06. The zero-order valence-electron chi connectivity index (χ0n) is 9.09. The summed E-state index contributed by atoms with van der Waals surface area (Å²) in [7, 11) is 0. The highest BCUT2D eigenvalue weighted by Gasteiger charge is 2.17. The van der Waals surface area contributed by atoms with Gasteiger partial charge in [-0.3, -0.25) is 4.79 Å². The smallest absolute Gasteiger partial charge is 0.250 e. The van der Waals surface area contributed by atoms with Gasteiger partial charge in [0.2, 0.25) is 0 Å². The monoisotopic (exact) mass is 240 g/mol. The maximum atomic E-state index is 11.4. The summed E-state index contributed by atoms with van der Waals surface area (Å²) < 4.78 is 6.77. The molecule has 0 bridgehead atoms. The van der Waals surface area contributed by atoms with Crippen molar-refractivity contribution in [2.75, 3.05) is 24.7 Å². The van der Waals surface area contributed by atoms with Crippen LogP contribution in [-0.4, -0.2) is 28.8 Å². The number of aryl methyl sites for hydroxylation is 1. The molecule has 88 valence electrons. The number of ether oxygens (including phenoxy) is 1. The first-order valence-corrected chi connectivity index (χ1v) is 6.46. The highest BCUT2D eigenvalue weighted by Crippen LogP contribution is 2.19. The Hall–Kier alpha value is -0.940. The molecule has 0 atom stereocenters. The van der Waals surface area contributed by atoms with Crippen molar-refractivity contribution < 1.29 is 4.74 Å². The van der Waals surface area contributed by atoms with Crippen LogP contribution in [0, 0.1) is 0 Å². The SMILES string of the molecule is Nc1ccc(=O)n(CCCSC2COC2)c1. The fourth-order valence-corrected chi connectivity index (χ4v) is 2.53. The van der Waals surface area contributed by atoms with Gasteiger partial charge in [0.25, 0.3) is 5.56 Å². The van der Waals surface area contributed by atoms with Crippen molar-refractivity contribution in [3.8, 4) is 0 Å². The Bertz CT molecular complexity index is 401. The van der Waals surface area contributed by atoms with E-state index in [1.54, 1.807) is 16.8 Å². The van der Waals surface area contributed by atoms with E-state index < -0.39 is 0 Å². The lowest BCUT2D eigenvalue weighted by atomic mass is 10.4. The molecular formula is C11H16N2O2S. The molecule has 1 aliphatic rings. The minimum Gasteiger partial charge on any atom is -0.398 e. The lowest BCUT2D eigenvalue weighted by Gasteiger charge is -2.25. The number of anilines is 1. The molecule has 0 unspecified atom stereocenters. The van der Waals surface area contributed by atoms with E-state index in [-0.39, 0.29) is 5.56 Å². The molecule has 1 aromatic heterocycles. The minimum absolute atomic E-state index is 0.0196. The normalized spacial score (nSPS) is 16.0. The molecule has 0 spiro atoms. The third-order valence-electron chi connectivity index (χ3n) is 2.51. The molecule has 0 saturated carbocycles. The van der Waals surface area contributed by atoms with Gasteiger partial charge in [0, 0.05) is 24.5 Å². The quantitative estimate of drug-likeness (QED) is 0.779. The molecule has 2 heterocycles. The average molecular weight is 240 g/mol. The van der Waals surface area contributed by atoms with Gasteiger partial charge in [-0.2, -0.15) is 11.8 Å². The second-order valence-electron chi connectivity index (χ2n) is 3.88. The molecule has 5 heteroatoms. The average Bonchev–Trinajstić information content (AvgIpc) is 2.20. The summed E-state index contributed by atoms with van der Waals surface area (Å²) in [5, 5.41) is 0.664. The summed E-state index contributed by atoms with van der Waals surface area (Å²) in [6.45, 7) is 2.50. The second kappa shape index (κ2) is 5.41. The molecule has 0 aliphatic carbocycles. The summed E-state index contributed by atoms with van der Waals surface area (Å²) in [6, 6.07) is 3.15. The third-order valence-corrected chi connectivity index (χ3v) is 3.78. The molecule has 1 fully saturated rings. The number of nitrogen functional groups attached to an aromatic ring is 1. The van der Waals surface area contributed by atoms with Crippen LogP contribution in [0.2, 0.25) is 0 Å². The van der Waals surface area contributed by atoms with E-state index in [4.69, 9.17) is 10.5 Å². The van der Waals surface area contributed by atoms with E-state index in [9.17, 15) is 4.79 Å². The van der Waals surface area contributed by atoms with Crippen molar-refractivity contribution in [2.45, 2.75) is 18.2 Å². The largest absolute Gasteiger partial charge is 0.398 e. The van der Waals surface area contributed by atoms with Gasteiger partial charge in [0.1, 0.15) is 0 Å². The molecule has 0 radical (unpaired) electrons. The van der Waals surface area contributed by atoms with Crippen LogP contribution in [0.5, 0.6) is 0 Å². The topological polar surface area (TPSA) is 57.2 Å². The van der Waals surface area contributed by atoms with Crippen LogP contribution in [0.25, 0.3) is 0 Å². The zero-order chi connectivity index (χ0) is 11.4. The zero-order valence-corrected chi connectivity index (χ0v) is 9.91. The van der Waals surface area contributed by atoms with E-state index >= 15 is 0 Å². The molecule has 4 nitrogen and oxygen atoms in total. The molecule has 1 aliphatic heterocycles. The Morgan fingerprint density at radius 3 is 3.00 bits per heavy atom. The van der Waals surface area contributed by atoms with E-state index in [0.717, 1.165) is 31.9 Å². The molecule has 0 amide bonds. The van der Waals surface area contributed by atoms with E-state index in [1.165, 1.54) is 6.07 Å². The standard InChI is InChI=1S/C11H16N2O2S/c12-9-2-3-11(14)13(6-9)4-1-5-16-10-7-15-8-10/h2-3,6,10H,1,4-5,7-8,12H2. The molecule has 1 aromatic rings. The fourth-order valence-electron chi connectivity index (χ4n) is 1.52. The van der Waals surface area contributed by atoms with Crippen molar-refractivity contribution in [1.29, 1.82) is 0 Å². The predicted molar refractivity (Wildman–Crippen MR) is 66.8 cm³/mol. The van der Waals surface area contributed by atoms with Crippen LogP contribution in [0.3, 0.4) is 0 Å². The summed E-state index contributed by atoms with van der Waals surface area (Å²) in [6.07, 6.45) is 2.70. The lowest BCUT2D eigenvalue weighted by molar-refractivity contribution is 0.0455. The van der Waals surface area contributed by atoms with E-state index in [0.29, 0.717) is 10.9 Å². The first kappa shape index (κ1) is 11.5. The number of rotatable bonds is 5. The molecule has 0 aromatic carbocycles. The summed E-state index contributed by atoms with van der Waals surface area (Å²) in [4.78, 5) is 11.4. The number of thioether (sulfide) groups is 1. The second-order valence-corrected chi connectivity index (χ2v) is 5.29. The number of hydrogen-bond donors (Lipinski definition) is 1. The Kier molecular flexibility index (Phi) is 3.90. The molecule has 2 N–H and O–H groups in total. The van der Waals surface area contributed by atoms with Crippen LogP contribution in [-0.2, 0) is 11.3 Å². The van der Waals surface area contributed by atoms with Gasteiger partial charge in [-0.05, 0) is 18.2 Å². The van der Waals surface area contributed by atoms with Gasteiger partial charge < -0.3 is 15.0 Å². The molecule has 16 heavy (non-hydrogen) atoms. The first-order chi connectivity index (χ1) is 7.75. The number of aromatic nitrogens is 1. The highest BCUT2D eigenvalue weighted by molar-refractivity contribution is 8.00. The van der Waals surface area contributed by atoms with Gasteiger partial charge >= 0.3 is 0 Å². The van der Waals surface area contributed by atoms with Crippen molar-refractivity contribution >= 4 is 17.4 Å². The molecular weight excluding hydrogens is 224 g/mol. The third kappa shape index (κ3) is 3.02. The highest BCUT2D eigenvalue weighted by atomic mass is 32.2. The van der Waals surface area contributed by atoms with Crippen molar-refractivity contribution in [3.63, 3.8) is 0 Å². The van der Waals surface area contributed by atoms with Crippen LogP contribution in [0.15, 0.2) is 23.1 Å². The first-order valence-electron chi connectivity index (χ1n) is 5.41. The number of pyridine rings is 1. The van der Waals surface area contributed by atoms with E-state index in [1.807, 2.05) is 11.8 Å². The fraction of sp³-hybridized carbons (Fsp3) is 0.545. The van der Waals surface area contributed by atoms with Gasteiger partial charge in [-0.25, -0.2) is 0 Å². The Balaban J connectivity index is 1.75. The Morgan fingerprint density at radius 2 is 2.31 bits per heavy atom. The van der Waals surface area contributed by atoms with Crippen LogP contribution in [0.1, 0.15) is 6.42 Å². The van der Waals surface area contributed by atoms with Crippen molar-refractivity contribution in [3.05, 3.63) is 28.7 Å². The van der Waals surface area contributed by atoms with Gasteiger partial charge in [-0.1, -0.05) is 0 Å². The lowest BCUT2D eigenvalue weighted by Crippen LogP contribution is -2.30. The van der Waals surface area contributed by atoms with E-state index in [2.05, 4.69) is 0 Å². The Morgan fingerprint density at radius 1 is 1.50 bits per heavy atom. The van der Waals surface area contributed by atoms with Crippen LogP contribution < -0.4 is 11.3 Å². The van der Waals surface area contributed by atoms with Crippen LogP contribution in [0.4, 0.5) is 5.69 Å². The summed E-state index contributed by atoms with van der Waals surface area (Å²) in [5.41, 5.74) is 6.29. The van der Waals surface area contributed by atoms with Gasteiger partial charge in [0.15, 0.2) is 0 Å². The summed E-state index contributed by atoms with van der Waals surface area (Å²) >= 11 is 1.92. The maximum absolute atomic E-state index is 11.4. The minimum atomic E-state index is 0.0196. The van der Waals surface area contributed by atoms with Crippen molar-refractivity contribution in [1.82, 2.24) is 4.57 Å². The molecule has 2 rings (SSSR count). The molecule has 1 saturated heterocycles. The van der Waals surface area contributed by atoms with Gasteiger partial charge in [0.05, 0.1) is 18.5 Å². The van der Waals surface area contributed by atoms with Gasteiger partial charge in [-0.15, -0.1) is 0 Å². The maximum Gasteiger partial charge on any atom is 0.250 e. The van der Waals surface area contributed by atoms with Crippen molar-refractivity contribution in [2.24, 2.45) is 0 Å². The number of nitrogens with zero attached hydrogens (tertiary/aromatic N) is 1. The number of nitrogens with two attached hydrogens (primary N) is 1. The number of hydrogen-bond acceptors (Lipinski definition) is 4.